The molecule has 2 atom stereocenters. The molecule has 2 N–H and O–H groups in total. The molecule has 1 aliphatic heterocycles. The summed E-state index contributed by atoms with van der Waals surface area (Å²) in [7, 11) is 0. The fourth-order valence-corrected chi connectivity index (χ4v) is 2.17. The summed E-state index contributed by atoms with van der Waals surface area (Å²) in [6.45, 7) is 7.66. The standard InChI is InChI=1S/C14H22N2O5/c1-5-19-12-10(14(18)21-7-3)8(4)9(11(15)16-12)13(17)20-6-2/h8,10H,5-7,15H2,1-4H3. The first-order valence-electron chi connectivity index (χ1n) is 7.02. The van der Waals surface area contributed by atoms with Gasteiger partial charge in [-0.2, -0.15) is 4.99 Å². The van der Waals surface area contributed by atoms with Crippen LogP contribution in [-0.4, -0.2) is 37.7 Å². The minimum absolute atomic E-state index is 0.0185. The summed E-state index contributed by atoms with van der Waals surface area (Å²) in [5.41, 5.74) is 6.00. The minimum Gasteiger partial charge on any atom is -0.480 e. The molecule has 118 valence electrons. The number of hydrogen-bond donors (Lipinski definition) is 1. The molecule has 7 heteroatoms. The molecule has 0 bridgehead atoms. The highest BCUT2D eigenvalue weighted by Crippen LogP contribution is 2.31. The molecule has 0 aliphatic carbocycles. The van der Waals surface area contributed by atoms with E-state index >= 15 is 0 Å². The Morgan fingerprint density at radius 3 is 2.29 bits per heavy atom. The Morgan fingerprint density at radius 2 is 1.76 bits per heavy atom. The van der Waals surface area contributed by atoms with Gasteiger partial charge in [0.05, 0.1) is 25.4 Å². The van der Waals surface area contributed by atoms with Crippen LogP contribution in [0.15, 0.2) is 16.4 Å². The van der Waals surface area contributed by atoms with Gasteiger partial charge in [-0.3, -0.25) is 4.79 Å². The normalized spacial score (nSPS) is 21.6. The lowest BCUT2D eigenvalue weighted by molar-refractivity contribution is -0.147. The van der Waals surface area contributed by atoms with Gasteiger partial charge in [0.25, 0.3) is 0 Å². The van der Waals surface area contributed by atoms with Gasteiger partial charge in [0.2, 0.25) is 5.90 Å². The van der Waals surface area contributed by atoms with E-state index in [1.54, 1.807) is 27.7 Å². The highest BCUT2D eigenvalue weighted by molar-refractivity contribution is 6.03. The second kappa shape index (κ2) is 7.66. The van der Waals surface area contributed by atoms with Crippen molar-refractivity contribution in [2.45, 2.75) is 27.7 Å². The Morgan fingerprint density at radius 1 is 1.14 bits per heavy atom. The number of esters is 2. The fraction of sp³-hybridized carbons (Fsp3) is 0.643. The summed E-state index contributed by atoms with van der Waals surface area (Å²) in [4.78, 5) is 28.2. The van der Waals surface area contributed by atoms with Crippen molar-refractivity contribution in [3.05, 3.63) is 11.4 Å². The lowest BCUT2D eigenvalue weighted by Crippen LogP contribution is -2.40. The number of rotatable bonds is 5. The number of aliphatic imine (C=N–C) groups is 1. The van der Waals surface area contributed by atoms with Crippen molar-refractivity contribution in [1.82, 2.24) is 0 Å². The van der Waals surface area contributed by atoms with E-state index in [-0.39, 0.29) is 30.5 Å². The predicted octanol–water partition coefficient (Wildman–Crippen LogP) is 0.984. The molecule has 21 heavy (non-hydrogen) atoms. The van der Waals surface area contributed by atoms with E-state index in [1.165, 1.54) is 0 Å². The molecule has 1 aliphatic rings. The lowest BCUT2D eigenvalue weighted by Gasteiger charge is -2.28. The van der Waals surface area contributed by atoms with E-state index in [4.69, 9.17) is 19.9 Å². The fourth-order valence-electron chi connectivity index (χ4n) is 2.17. The first kappa shape index (κ1) is 17.0. The molecule has 0 aromatic heterocycles. The van der Waals surface area contributed by atoms with Gasteiger partial charge in [-0.05, 0) is 20.8 Å². The molecule has 7 nitrogen and oxygen atoms in total. The molecule has 0 saturated heterocycles. The molecule has 0 fully saturated rings. The van der Waals surface area contributed by atoms with Gasteiger partial charge in [0.1, 0.15) is 11.7 Å². The third kappa shape index (κ3) is 3.74. The largest absolute Gasteiger partial charge is 0.480 e. The van der Waals surface area contributed by atoms with Crippen LogP contribution in [0.4, 0.5) is 0 Å². The van der Waals surface area contributed by atoms with Crippen LogP contribution in [0.25, 0.3) is 0 Å². The Kier molecular flexibility index (Phi) is 6.20. The smallest absolute Gasteiger partial charge is 0.338 e. The zero-order valence-electron chi connectivity index (χ0n) is 12.8. The van der Waals surface area contributed by atoms with E-state index in [2.05, 4.69) is 4.99 Å². The zero-order valence-corrected chi connectivity index (χ0v) is 12.8. The maximum absolute atomic E-state index is 12.1. The summed E-state index contributed by atoms with van der Waals surface area (Å²) in [5, 5.41) is 0. The molecule has 0 amide bonds. The molecule has 0 aromatic rings. The molecule has 0 radical (unpaired) electrons. The molecule has 0 aromatic carbocycles. The first-order valence-corrected chi connectivity index (χ1v) is 7.02. The number of nitrogens with zero attached hydrogens (tertiary/aromatic N) is 1. The van der Waals surface area contributed by atoms with Crippen LogP contribution in [0.5, 0.6) is 0 Å². The van der Waals surface area contributed by atoms with Gasteiger partial charge in [0, 0.05) is 5.92 Å². The number of carbonyl (C=O) groups is 2. The van der Waals surface area contributed by atoms with Crippen LogP contribution < -0.4 is 5.73 Å². The first-order chi connectivity index (χ1) is 9.97. The number of carbonyl (C=O) groups excluding carboxylic acids is 2. The average molecular weight is 298 g/mol. The van der Waals surface area contributed by atoms with Gasteiger partial charge in [-0.1, -0.05) is 6.92 Å². The summed E-state index contributed by atoms with van der Waals surface area (Å²) in [5.74, 6) is -2.19. The number of hydrogen-bond acceptors (Lipinski definition) is 7. The van der Waals surface area contributed by atoms with Gasteiger partial charge < -0.3 is 19.9 Å². The number of nitrogens with two attached hydrogens (primary N) is 1. The predicted molar refractivity (Wildman–Crippen MR) is 76.2 cm³/mol. The molecule has 1 heterocycles. The van der Waals surface area contributed by atoms with Gasteiger partial charge in [-0.15, -0.1) is 0 Å². The third-order valence-electron chi connectivity index (χ3n) is 3.06. The zero-order chi connectivity index (χ0) is 16.0. The SMILES string of the molecule is CCOC(=O)C1=C(N)N=C(OCC)C(C(=O)OCC)C1C. The highest BCUT2D eigenvalue weighted by Gasteiger charge is 2.42. The molecular formula is C14H22N2O5. The van der Waals surface area contributed by atoms with E-state index in [0.717, 1.165) is 0 Å². The quantitative estimate of drug-likeness (QED) is 0.759. The third-order valence-corrected chi connectivity index (χ3v) is 3.06. The monoisotopic (exact) mass is 298 g/mol. The Hall–Kier alpha value is -2.05. The number of ether oxygens (including phenoxy) is 3. The highest BCUT2D eigenvalue weighted by atomic mass is 16.5. The van der Waals surface area contributed by atoms with Crippen molar-refractivity contribution in [2.24, 2.45) is 22.6 Å². The van der Waals surface area contributed by atoms with Crippen molar-refractivity contribution < 1.29 is 23.8 Å². The van der Waals surface area contributed by atoms with Gasteiger partial charge in [-0.25, -0.2) is 4.79 Å². The molecule has 0 spiro atoms. The average Bonchev–Trinajstić information content (AvgIpc) is 2.39. The van der Waals surface area contributed by atoms with Crippen molar-refractivity contribution in [3.8, 4) is 0 Å². The van der Waals surface area contributed by atoms with Crippen molar-refractivity contribution in [2.75, 3.05) is 19.8 Å². The van der Waals surface area contributed by atoms with Crippen molar-refractivity contribution in [3.63, 3.8) is 0 Å². The second-order valence-corrected chi connectivity index (χ2v) is 4.42. The minimum atomic E-state index is -0.795. The summed E-state index contributed by atoms with van der Waals surface area (Å²) in [6, 6.07) is 0. The van der Waals surface area contributed by atoms with Crippen LogP contribution in [0.3, 0.4) is 0 Å². The molecule has 1 rings (SSSR count). The van der Waals surface area contributed by atoms with E-state index < -0.39 is 23.8 Å². The van der Waals surface area contributed by atoms with Crippen molar-refractivity contribution >= 4 is 17.8 Å². The van der Waals surface area contributed by atoms with Crippen LogP contribution in [0.1, 0.15) is 27.7 Å². The van der Waals surface area contributed by atoms with E-state index in [9.17, 15) is 9.59 Å². The van der Waals surface area contributed by atoms with Gasteiger partial charge >= 0.3 is 11.9 Å². The van der Waals surface area contributed by atoms with Crippen LogP contribution in [0.2, 0.25) is 0 Å². The Bertz CT molecular complexity index is 470. The van der Waals surface area contributed by atoms with E-state index in [1.807, 2.05) is 0 Å². The van der Waals surface area contributed by atoms with Crippen molar-refractivity contribution in [1.29, 1.82) is 0 Å². The summed E-state index contributed by atoms with van der Waals surface area (Å²) < 4.78 is 15.4. The summed E-state index contributed by atoms with van der Waals surface area (Å²) in [6.07, 6.45) is 0. The molecule has 0 saturated carbocycles. The van der Waals surface area contributed by atoms with Crippen LogP contribution in [-0.2, 0) is 23.8 Å². The van der Waals surface area contributed by atoms with Gasteiger partial charge in [0.15, 0.2) is 0 Å². The summed E-state index contributed by atoms with van der Waals surface area (Å²) >= 11 is 0. The van der Waals surface area contributed by atoms with E-state index in [0.29, 0.717) is 6.61 Å². The topological polar surface area (TPSA) is 100 Å². The molecular weight excluding hydrogens is 276 g/mol. The van der Waals surface area contributed by atoms with Crippen LogP contribution in [0, 0.1) is 11.8 Å². The Balaban J connectivity index is 3.19. The van der Waals surface area contributed by atoms with Crippen LogP contribution >= 0.6 is 0 Å². The second-order valence-electron chi connectivity index (χ2n) is 4.42. The lowest BCUT2D eigenvalue weighted by atomic mass is 9.85. The Labute approximate surface area is 124 Å². The molecule has 2 unspecified atom stereocenters. The maximum Gasteiger partial charge on any atom is 0.338 e. The maximum atomic E-state index is 12.1.